The highest BCUT2D eigenvalue weighted by Crippen LogP contribution is 2.36. The fourth-order valence-electron chi connectivity index (χ4n) is 3.72. The first kappa shape index (κ1) is 17.9. The van der Waals surface area contributed by atoms with Crippen molar-refractivity contribution in [3.05, 3.63) is 52.8 Å². The maximum Gasteiger partial charge on any atom is 0.263 e. The van der Waals surface area contributed by atoms with Gasteiger partial charge in [-0.15, -0.1) is 11.3 Å². The number of hydrogen-bond acceptors (Lipinski definition) is 6. The smallest absolute Gasteiger partial charge is 0.263 e. The zero-order valence-electron chi connectivity index (χ0n) is 15.3. The van der Waals surface area contributed by atoms with E-state index in [4.69, 9.17) is 10.7 Å². The zero-order chi connectivity index (χ0) is 18.8. The Morgan fingerprint density at radius 2 is 2.26 bits per heavy atom. The lowest BCUT2D eigenvalue weighted by Gasteiger charge is -2.35. The first-order chi connectivity index (χ1) is 13.2. The van der Waals surface area contributed by atoms with Gasteiger partial charge in [-0.25, -0.2) is 4.98 Å². The number of anilines is 1. The Balaban J connectivity index is 1.65. The third-order valence-corrected chi connectivity index (χ3v) is 6.23. The van der Waals surface area contributed by atoms with Crippen LogP contribution in [0.3, 0.4) is 0 Å². The number of nitrogen functional groups attached to an aromatic ring is 1. The van der Waals surface area contributed by atoms with Gasteiger partial charge in [-0.05, 0) is 43.1 Å². The summed E-state index contributed by atoms with van der Waals surface area (Å²) in [5.41, 5.74) is 8.95. The van der Waals surface area contributed by atoms with Crippen molar-refractivity contribution in [3.8, 4) is 0 Å². The van der Waals surface area contributed by atoms with Gasteiger partial charge in [0.1, 0.15) is 9.71 Å². The van der Waals surface area contributed by atoms with Gasteiger partial charge in [0.15, 0.2) is 0 Å². The number of rotatable bonds is 4. The maximum atomic E-state index is 12.0. The van der Waals surface area contributed by atoms with Gasteiger partial charge in [-0.2, -0.15) is 0 Å². The van der Waals surface area contributed by atoms with Gasteiger partial charge < -0.3 is 11.1 Å². The second-order valence-corrected chi connectivity index (χ2v) is 7.86. The van der Waals surface area contributed by atoms with Gasteiger partial charge in [-0.1, -0.05) is 12.5 Å². The minimum atomic E-state index is -0.159. The summed E-state index contributed by atoms with van der Waals surface area (Å²) in [6.45, 7) is 1.92. The summed E-state index contributed by atoms with van der Waals surface area (Å²) in [4.78, 5) is 25.0. The lowest BCUT2D eigenvalue weighted by atomic mass is 9.98. The van der Waals surface area contributed by atoms with E-state index >= 15 is 0 Å². The van der Waals surface area contributed by atoms with Crippen molar-refractivity contribution in [1.29, 1.82) is 0 Å². The van der Waals surface area contributed by atoms with E-state index in [1.54, 1.807) is 13.2 Å². The number of likely N-dealkylation sites (tertiary alicyclic amines) is 1. The minimum Gasteiger partial charge on any atom is -0.397 e. The molecule has 0 saturated carbocycles. The summed E-state index contributed by atoms with van der Waals surface area (Å²) in [5, 5.41) is 3.50. The van der Waals surface area contributed by atoms with Gasteiger partial charge in [-0.3, -0.25) is 14.7 Å². The molecule has 1 amide bonds. The van der Waals surface area contributed by atoms with Crippen molar-refractivity contribution >= 4 is 33.1 Å². The molecule has 6 nitrogen and oxygen atoms in total. The number of thiophene rings is 1. The summed E-state index contributed by atoms with van der Waals surface area (Å²) in [5.74, 6) is -0.159. The normalized spacial score (nSPS) is 17.9. The first-order valence-electron chi connectivity index (χ1n) is 9.21. The van der Waals surface area contributed by atoms with Crippen molar-refractivity contribution in [2.24, 2.45) is 0 Å². The van der Waals surface area contributed by atoms with E-state index in [9.17, 15) is 4.79 Å². The molecule has 0 radical (unpaired) electrons. The summed E-state index contributed by atoms with van der Waals surface area (Å²) in [6, 6.07) is 8.44. The Hall–Kier alpha value is -2.51. The standard InChI is InChI=1S/C20H23N5OS/c1-22-19(26)18-17(21)14-7-8-15(24-20(14)27-18)16-6-2-3-10-25(16)12-13-5-4-9-23-11-13/h4-5,7-9,11,16H,2-3,6,10,12,21H2,1H3,(H,22,26). The van der Waals surface area contributed by atoms with Gasteiger partial charge in [0.05, 0.1) is 17.4 Å². The molecule has 140 valence electrons. The van der Waals surface area contributed by atoms with Crippen LogP contribution >= 0.6 is 11.3 Å². The number of amides is 1. The molecule has 4 heterocycles. The average Bonchev–Trinajstić information content (AvgIpc) is 3.04. The molecular weight excluding hydrogens is 358 g/mol. The number of carbonyl (C=O) groups excluding carboxylic acids is 1. The second-order valence-electron chi connectivity index (χ2n) is 6.86. The predicted molar refractivity (Wildman–Crippen MR) is 109 cm³/mol. The summed E-state index contributed by atoms with van der Waals surface area (Å²) in [6.07, 6.45) is 7.22. The largest absolute Gasteiger partial charge is 0.397 e. The molecule has 4 rings (SSSR count). The molecule has 1 aliphatic rings. The molecule has 1 fully saturated rings. The SMILES string of the molecule is CNC(=O)c1sc2nc(C3CCCCN3Cc3cccnc3)ccc2c1N. The predicted octanol–water partition coefficient (Wildman–Crippen LogP) is 3.36. The number of nitrogens with one attached hydrogen (secondary N) is 1. The molecule has 3 aromatic rings. The number of nitrogens with two attached hydrogens (primary N) is 1. The van der Waals surface area contributed by atoms with E-state index in [0.717, 1.165) is 35.4 Å². The van der Waals surface area contributed by atoms with E-state index < -0.39 is 0 Å². The molecule has 1 saturated heterocycles. The van der Waals surface area contributed by atoms with E-state index in [0.29, 0.717) is 10.6 Å². The highest BCUT2D eigenvalue weighted by molar-refractivity contribution is 7.21. The molecule has 1 atom stereocenters. The van der Waals surface area contributed by atoms with E-state index in [-0.39, 0.29) is 11.9 Å². The fraction of sp³-hybridized carbons (Fsp3) is 0.350. The van der Waals surface area contributed by atoms with Crippen molar-refractivity contribution in [2.45, 2.75) is 31.8 Å². The number of hydrogen-bond donors (Lipinski definition) is 2. The summed E-state index contributed by atoms with van der Waals surface area (Å²) in [7, 11) is 1.61. The van der Waals surface area contributed by atoms with E-state index in [1.807, 2.05) is 18.3 Å². The van der Waals surface area contributed by atoms with Crippen molar-refractivity contribution in [2.75, 3.05) is 19.3 Å². The Kier molecular flexibility index (Phi) is 5.05. The molecule has 0 aliphatic carbocycles. The molecule has 0 bridgehead atoms. The minimum absolute atomic E-state index is 0.159. The van der Waals surface area contributed by atoms with Gasteiger partial charge in [0.2, 0.25) is 0 Å². The van der Waals surface area contributed by atoms with Crippen LogP contribution in [-0.4, -0.2) is 34.4 Å². The van der Waals surface area contributed by atoms with Crippen LogP contribution in [0.25, 0.3) is 10.2 Å². The summed E-state index contributed by atoms with van der Waals surface area (Å²) >= 11 is 1.36. The number of aromatic nitrogens is 2. The third-order valence-electron chi connectivity index (χ3n) is 5.11. The number of fused-ring (bicyclic) bond motifs is 1. The Bertz CT molecular complexity index is 956. The maximum absolute atomic E-state index is 12.0. The number of pyridine rings is 2. The molecule has 27 heavy (non-hydrogen) atoms. The fourth-order valence-corrected chi connectivity index (χ4v) is 4.77. The Labute approximate surface area is 162 Å². The van der Waals surface area contributed by atoms with Crippen LogP contribution in [0.15, 0.2) is 36.7 Å². The Morgan fingerprint density at radius 1 is 1.37 bits per heavy atom. The second kappa shape index (κ2) is 7.62. The monoisotopic (exact) mass is 381 g/mol. The van der Waals surface area contributed by atoms with Crippen molar-refractivity contribution < 1.29 is 4.79 Å². The highest BCUT2D eigenvalue weighted by atomic mass is 32.1. The first-order valence-corrected chi connectivity index (χ1v) is 10.0. The lowest BCUT2D eigenvalue weighted by Crippen LogP contribution is -2.33. The Morgan fingerprint density at radius 3 is 3.04 bits per heavy atom. The average molecular weight is 382 g/mol. The molecule has 1 aliphatic heterocycles. The highest BCUT2D eigenvalue weighted by Gasteiger charge is 2.26. The van der Waals surface area contributed by atoms with E-state index in [2.05, 4.69) is 27.3 Å². The lowest BCUT2D eigenvalue weighted by molar-refractivity contribution is 0.0968. The van der Waals surface area contributed by atoms with Crippen molar-refractivity contribution in [3.63, 3.8) is 0 Å². The van der Waals surface area contributed by atoms with Crippen LogP contribution in [0.4, 0.5) is 5.69 Å². The van der Waals surface area contributed by atoms with Crippen LogP contribution in [0.5, 0.6) is 0 Å². The third kappa shape index (κ3) is 3.52. The van der Waals surface area contributed by atoms with Crippen molar-refractivity contribution in [1.82, 2.24) is 20.2 Å². The van der Waals surface area contributed by atoms with Crippen LogP contribution < -0.4 is 11.1 Å². The van der Waals surface area contributed by atoms with Crippen LogP contribution in [-0.2, 0) is 6.54 Å². The topological polar surface area (TPSA) is 84.1 Å². The van der Waals surface area contributed by atoms with Crippen LogP contribution in [0.1, 0.15) is 46.2 Å². The van der Waals surface area contributed by atoms with Gasteiger partial charge in [0, 0.05) is 31.4 Å². The van der Waals surface area contributed by atoms with Gasteiger partial charge in [0.25, 0.3) is 5.91 Å². The molecule has 0 spiro atoms. The van der Waals surface area contributed by atoms with Crippen LogP contribution in [0, 0.1) is 0 Å². The zero-order valence-corrected chi connectivity index (χ0v) is 16.1. The van der Waals surface area contributed by atoms with Gasteiger partial charge >= 0.3 is 0 Å². The quantitative estimate of drug-likeness (QED) is 0.724. The molecule has 3 aromatic heterocycles. The number of carbonyl (C=O) groups is 1. The molecule has 7 heteroatoms. The summed E-state index contributed by atoms with van der Waals surface area (Å²) < 4.78 is 0. The molecular formula is C20H23N5OS. The molecule has 0 aromatic carbocycles. The molecule has 1 unspecified atom stereocenters. The number of piperidine rings is 1. The van der Waals surface area contributed by atoms with Crippen LogP contribution in [0.2, 0.25) is 0 Å². The number of nitrogens with zero attached hydrogens (tertiary/aromatic N) is 3. The van der Waals surface area contributed by atoms with E-state index in [1.165, 1.54) is 29.7 Å². The molecule has 3 N–H and O–H groups in total.